The smallest absolute Gasteiger partial charge is 0.337 e. The number of hydrogen-bond acceptors (Lipinski definition) is 2. The lowest BCUT2D eigenvalue weighted by molar-refractivity contribution is 0.0694. The van der Waals surface area contributed by atoms with Crippen LogP contribution in [0.4, 0.5) is 0 Å². The molecule has 0 bridgehead atoms. The van der Waals surface area contributed by atoms with Gasteiger partial charge in [0.15, 0.2) is 0 Å². The van der Waals surface area contributed by atoms with Crippen molar-refractivity contribution in [3.05, 3.63) is 61.5 Å². The van der Waals surface area contributed by atoms with E-state index in [4.69, 9.17) is 0 Å². The molecule has 2 rings (SSSR count). The fraction of sp³-hybridized carbons (Fsp3) is 0.200. The molecule has 2 aromatic rings. The Hall–Kier alpha value is -1.88. The zero-order chi connectivity index (χ0) is 15.0. The van der Waals surface area contributed by atoms with Gasteiger partial charge in [0.05, 0.1) is 11.3 Å². The van der Waals surface area contributed by atoms with Gasteiger partial charge in [-0.15, -0.1) is 0 Å². The fourth-order valence-corrected chi connectivity index (χ4v) is 2.62. The molecule has 20 heavy (non-hydrogen) atoms. The van der Waals surface area contributed by atoms with Gasteiger partial charge in [0.2, 0.25) is 0 Å². The Morgan fingerprint density at radius 3 is 2.35 bits per heavy atom. The highest BCUT2D eigenvalue weighted by Gasteiger charge is 2.16. The third-order valence-electron chi connectivity index (χ3n) is 3.28. The Labute approximate surface area is 124 Å². The van der Waals surface area contributed by atoms with Gasteiger partial charge in [0.1, 0.15) is 0 Å². The molecule has 0 aliphatic heterocycles. The van der Waals surface area contributed by atoms with Crippen LogP contribution < -0.4 is 5.56 Å². The molecule has 5 heteroatoms. The first-order valence-corrected chi connectivity index (χ1v) is 6.85. The normalized spacial score (nSPS) is 10.6. The number of hydrogen-bond donors (Lipinski definition) is 1. The Bertz CT molecular complexity index is 762. The van der Waals surface area contributed by atoms with E-state index in [1.54, 1.807) is 19.9 Å². The number of aromatic carboxylic acids is 1. The largest absolute Gasteiger partial charge is 0.478 e. The minimum Gasteiger partial charge on any atom is -0.478 e. The monoisotopic (exact) mass is 335 g/mol. The molecule has 0 aliphatic carbocycles. The lowest BCUT2D eigenvalue weighted by Gasteiger charge is -2.14. The van der Waals surface area contributed by atoms with Crippen LogP contribution >= 0.6 is 15.9 Å². The van der Waals surface area contributed by atoms with Gasteiger partial charge in [-0.3, -0.25) is 9.36 Å². The molecular weight excluding hydrogens is 322 g/mol. The van der Waals surface area contributed by atoms with Crippen LogP contribution in [0.25, 0.3) is 5.69 Å². The quantitative estimate of drug-likeness (QED) is 0.916. The number of pyridine rings is 1. The van der Waals surface area contributed by atoms with E-state index in [2.05, 4.69) is 15.9 Å². The first-order valence-electron chi connectivity index (χ1n) is 6.06. The maximum absolute atomic E-state index is 12.2. The van der Waals surface area contributed by atoms with Gasteiger partial charge >= 0.3 is 5.97 Å². The predicted octanol–water partition coefficient (Wildman–Crippen LogP) is 3.22. The van der Waals surface area contributed by atoms with Crippen molar-refractivity contribution in [1.82, 2.24) is 4.57 Å². The topological polar surface area (TPSA) is 59.3 Å². The highest BCUT2D eigenvalue weighted by atomic mass is 79.9. The van der Waals surface area contributed by atoms with E-state index in [1.165, 1.54) is 10.6 Å². The summed E-state index contributed by atoms with van der Waals surface area (Å²) in [6.07, 6.45) is 0. The van der Waals surface area contributed by atoms with Crippen LogP contribution in [-0.2, 0) is 0 Å². The number of nitrogens with zero attached hydrogens (tertiary/aromatic N) is 1. The average Bonchev–Trinajstić information content (AvgIpc) is 2.32. The van der Waals surface area contributed by atoms with Gasteiger partial charge in [0, 0.05) is 16.2 Å². The van der Waals surface area contributed by atoms with Crippen molar-refractivity contribution < 1.29 is 9.90 Å². The summed E-state index contributed by atoms with van der Waals surface area (Å²) in [5.74, 6) is -1.03. The van der Waals surface area contributed by atoms with E-state index >= 15 is 0 Å². The summed E-state index contributed by atoms with van der Waals surface area (Å²) in [5.41, 5.74) is 2.53. The van der Waals surface area contributed by atoms with Crippen molar-refractivity contribution in [2.75, 3.05) is 0 Å². The summed E-state index contributed by atoms with van der Waals surface area (Å²) in [5, 5.41) is 9.28. The molecule has 1 aromatic heterocycles. The molecule has 0 saturated heterocycles. The minimum absolute atomic E-state index is 0.168. The number of aryl methyl sites for hydroxylation is 2. The highest BCUT2D eigenvalue weighted by molar-refractivity contribution is 9.10. The molecule has 1 heterocycles. The van der Waals surface area contributed by atoms with E-state index in [0.29, 0.717) is 16.9 Å². The highest BCUT2D eigenvalue weighted by Crippen LogP contribution is 2.21. The molecule has 4 nitrogen and oxygen atoms in total. The molecule has 0 spiro atoms. The second kappa shape index (κ2) is 5.25. The first kappa shape index (κ1) is 14.5. The number of carboxylic acids is 1. The SMILES string of the molecule is Cc1ccc(-n2c(C)c(C(=O)O)c(C)cc2=O)cc1Br. The second-order valence-electron chi connectivity index (χ2n) is 4.70. The van der Waals surface area contributed by atoms with Crippen molar-refractivity contribution in [2.45, 2.75) is 20.8 Å². The predicted molar refractivity (Wildman–Crippen MR) is 80.9 cm³/mol. The molecule has 104 valence electrons. The summed E-state index contributed by atoms with van der Waals surface area (Å²) in [6.45, 7) is 5.22. The molecule has 0 atom stereocenters. The first-order chi connectivity index (χ1) is 9.32. The fourth-order valence-electron chi connectivity index (χ4n) is 2.25. The van der Waals surface area contributed by atoms with Crippen LogP contribution in [0.2, 0.25) is 0 Å². The van der Waals surface area contributed by atoms with Crippen molar-refractivity contribution in [3.8, 4) is 5.69 Å². The third kappa shape index (κ3) is 2.41. The van der Waals surface area contributed by atoms with Crippen molar-refractivity contribution in [2.24, 2.45) is 0 Å². The summed E-state index contributed by atoms with van der Waals surface area (Å²) in [4.78, 5) is 23.5. The molecule has 0 amide bonds. The number of carboxylic acid groups (broad SMARTS) is 1. The van der Waals surface area contributed by atoms with Gasteiger partial charge < -0.3 is 5.11 Å². The van der Waals surface area contributed by atoms with Crippen LogP contribution in [0.15, 0.2) is 33.5 Å². The Kier molecular flexibility index (Phi) is 3.81. The molecule has 0 radical (unpaired) electrons. The Morgan fingerprint density at radius 1 is 1.15 bits per heavy atom. The molecule has 0 fully saturated rings. The van der Waals surface area contributed by atoms with Gasteiger partial charge in [-0.2, -0.15) is 0 Å². The van der Waals surface area contributed by atoms with E-state index in [0.717, 1.165) is 10.0 Å². The van der Waals surface area contributed by atoms with E-state index in [-0.39, 0.29) is 11.1 Å². The number of rotatable bonds is 2. The standard InChI is InChI=1S/C15H14BrNO3/c1-8-4-5-11(7-12(8)16)17-10(3)14(15(19)20)9(2)6-13(17)18/h4-7H,1-3H3,(H,19,20). The van der Waals surface area contributed by atoms with Crippen LogP contribution in [0.3, 0.4) is 0 Å². The van der Waals surface area contributed by atoms with Crippen molar-refractivity contribution >= 4 is 21.9 Å². The lowest BCUT2D eigenvalue weighted by Crippen LogP contribution is -2.24. The van der Waals surface area contributed by atoms with E-state index in [1.807, 2.05) is 19.1 Å². The average molecular weight is 336 g/mol. The van der Waals surface area contributed by atoms with Crippen LogP contribution in [-0.4, -0.2) is 15.6 Å². The van der Waals surface area contributed by atoms with Crippen LogP contribution in [0, 0.1) is 20.8 Å². The number of benzene rings is 1. The van der Waals surface area contributed by atoms with Crippen LogP contribution in [0.5, 0.6) is 0 Å². The van der Waals surface area contributed by atoms with Gasteiger partial charge in [-0.25, -0.2) is 4.79 Å². The molecule has 0 aliphatic rings. The van der Waals surface area contributed by atoms with Gasteiger partial charge in [0.25, 0.3) is 5.56 Å². The molecular formula is C15H14BrNO3. The molecule has 0 saturated carbocycles. The zero-order valence-corrected chi connectivity index (χ0v) is 13.0. The van der Waals surface area contributed by atoms with Crippen molar-refractivity contribution in [1.29, 1.82) is 0 Å². The van der Waals surface area contributed by atoms with Gasteiger partial charge in [-0.05, 0) is 44.0 Å². The number of carbonyl (C=O) groups is 1. The second-order valence-corrected chi connectivity index (χ2v) is 5.55. The van der Waals surface area contributed by atoms with Crippen molar-refractivity contribution in [3.63, 3.8) is 0 Å². The summed E-state index contributed by atoms with van der Waals surface area (Å²) in [6, 6.07) is 6.84. The maximum Gasteiger partial charge on any atom is 0.337 e. The summed E-state index contributed by atoms with van der Waals surface area (Å²) < 4.78 is 2.29. The Morgan fingerprint density at radius 2 is 1.80 bits per heavy atom. The summed E-state index contributed by atoms with van der Waals surface area (Å²) in [7, 11) is 0. The molecule has 1 N–H and O–H groups in total. The minimum atomic E-state index is -1.03. The molecule has 0 unspecified atom stereocenters. The molecule has 1 aromatic carbocycles. The number of aromatic nitrogens is 1. The van der Waals surface area contributed by atoms with Gasteiger partial charge in [-0.1, -0.05) is 22.0 Å². The van der Waals surface area contributed by atoms with E-state index < -0.39 is 5.97 Å². The third-order valence-corrected chi connectivity index (χ3v) is 4.13. The van der Waals surface area contributed by atoms with Crippen LogP contribution in [0.1, 0.15) is 27.2 Å². The lowest BCUT2D eigenvalue weighted by atomic mass is 10.1. The zero-order valence-electron chi connectivity index (χ0n) is 11.4. The van der Waals surface area contributed by atoms with E-state index in [9.17, 15) is 14.7 Å². The maximum atomic E-state index is 12.2. The summed E-state index contributed by atoms with van der Waals surface area (Å²) >= 11 is 3.42. The Balaban J connectivity index is 2.80. The number of halogens is 1.